The second kappa shape index (κ2) is 4.74. The average molecular weight is 205 g/mol. The van der Waals surface area contributed by atoms with Gasteiger partial charge in [0, 0.05) is 0 Å². The van der Waals surface area contributed by atoms with E-state index in [1.807, 2.05) is 12.5 Å². The number of aromatic nitrogens is 2. The number of nitrogens with zero attached hydrogens (tertiary/aromatic N) is 3. The Morgan fingerprint density at radius 1 is 1.55 bits per heavy atom. The fraction of sp³-hybridized carbons (Fsp3) is 0.400. The van der Waals surface area contributed by atoms with Crippen molar-refractivity contribution in [2.24, 2.45) is 4.99 Å². The third kappa shape index (κ3) is 2.80. The first kappa shape index (κ1) is 9.02. The maximum Gasteiger partial charge on any atom is 0.232 e. The minimum atomic E-state index is 0.726. The molecule has 0 atom stereocenters. The summed E-state index contributed by atoms with van der Waals surface area (Å²) in [6.07, 6.45) is 3.99. The van der Waals surface area contributed by atoms with Crippen LogP contribution in [0.25, 0.3) is 0 Å². The van der Waals surface area contributed by atoms with Crippen LogP contribution in [-0.4, -0.2) is 27.1 Å². The van der Waals surface area contributed by atoms with E-state index in [-0.39, 0.29) is 0 Å². The van der Waals surface area contributed by atoms with Gasteiger partial charge in [-0.15, -0.1) is 33.7 Å². The molecule has 6 heteroatoms. The van der Waals surface area contributed by atoms with Gasteiger partial charge in [0.05, 0.1) is 0 Å². The SMILES string of the molecule is CSC(=Nc1nncs1)SC. The van der Waals surface area contributed by atoms with Crippen molar-refractivity contribution in [1.29, 1.82) is 0 Å². The first-order valence-electron chi connectivity index (χ1n) is 2.79. The Morgan fingerprint density at radius 3 is 2.73 bits per heavy atom. The van der Waals surface area contributed by atoms with Gasteiger partial charge in [-0.2, -0.15) is 0 Å². The molecule has 1 heterocycles. The van der Waals surface area contributed by atoms with Crippen LogP contribution >= 0.6 is 34.9 Å². The van der Waals surface area contributed by atoms with Gasteiger partial charge in [-0.25, -0.2) is 4.99 Å². The zero-order chi connectivity index (χ0) is 8.10. The van der Waals surface area contributed by atoms with E-state index >= 15 is 0 Å². The van der Waals surface area contributed by atoms with E-state index in [9.17, 15) is 0 Å². The maximum absolute atomic E-state index is 4.24. The Morgan fingerprint density at radius 2 is 2.27 bits per heavy atom. The van der Waals surface area contributed by atoms with Crippen LogP contribution in [0.5, 0.6) is 0 Å². The molecule has 1 rings (SSSR count). The lowest BCUT2D eigenvalue weighted by Crippen LogP contribution is -1.79. The van der Waals surface area contributed by atoms with E-state index in [1.54, 1.807) is 29.0 Å². The highest BCUT2D eigenvalue weighted by Crippen LogP contribution is 2.19. The van der Waals surface area contributed by atoms with Gasteiger partial charge in [-0.05, 0) is 12.5 Å². The zero-order valence-electron chi connectivity index (χ0n) is 6.14. The average Bonchev–Trinajstić information content (AvgIpc) is 2.52. The summed E-state index contributed by atoms with van der Waals surface area (Å²) in [7, 11) is 0. The van der Waals surface area contributed by atoms with Crippen molar-refractivity contribution in [3.05, 3.63) is 5.51 Å². The summed E-state index contributed by atoms with van der Waals surface area (Å²) in [5.74, 6) is 0. The van der Waals surface area contributed by atoms with Crippen LogP contribution < -0.4 is 0 Å². The summed E-state index contributed by atoms with van der Waals surface area (Å²) >= 11 is 4.69. The molecule has 60 valence electrons. The summed E-state index contributed by atoms with van der Waals surface area (Å²) in [5, 5.41) is 8.22. The summed E-state index contributed by atoms with van der Waals surface area (Å²) in [6, 6.07) is 0. The molecule has 0 amide bonds. The Bertz CT molecular complexity index is 225. The van der Waals surface area contributed by atoms with E-state index in [4.69, 9.17) is 0 Å². The smallest absolute Gasteiger partial charge is 0.204 e. The van der Waals surface area contributed by atoms with Gasteiger partial charge in [-0.3, -0.25) is 0 Å². The Kier molecular flexibility index (Phi) is 3.88. The fourth-order valence-corrected chi connectivity index (χ4v) is 2.03. The first-order valence-corrected chi connectivity index (χ1v) is 6.12. The second-order valence-corrected chi connectivity index (χ2v) is 4.17. The summed E-state index contributed by atoms with van der Waals surface area (Å²) in [4.78, 5) is 4.24. The van der Waals surface area contributed by atoms with Gasteiger partial charge in [0.1, 0.15) is 9.89 Å². The molecule has 0 fully saturated rings. The van der Waals surface area contributed by atoms with Crippen LogP contribution in [0.1, 0.15) is 0 Å². The molecule has 0 saturated heterocycles. The molecule has 0 aliphatic heterocycles. The van der Waals surface area contributed by atoms with E-state index in [0.29, 0.717) is 0 Å². The van der Waals surface area contributed by atoms with Crippen LogP contribution in [-0.2, 0) is 0 Å². The molecule has 0 unspecified atom stereocenters. The van der Waals surface area contributed by atoms with E-state index in [2.05, 4.69) is 15.2 Å². The molecule has 0 radical (unpaired) electrons. The number of hydrogen-bond donors (Lipinski definition) is 0. The predicted octanol–water partition coefficient (Wildman–Crippen LogP) is 2.25. The molecule has 11 heavy (non-hydrogen) atoms. The minimum Gasteiger partial charge on any atom is -0.204 e. The van der Waals surface area contributed by atoms with E-state index in [0.717, 1.165) is 9.51 Å². The largest absolute Gasteiger partial charge is 0.232 e. The van der Waals surface area contributed by atoms with Crippen LogP contribution in [0, 0.1) is 0 Å². The molecule has 0 spiro atoms. The standard InChI is InChI=1S/C5H7N3S3/c1-9-5(10-2)7-4-8-6-3-11-4/h3H,1-2H3. The molecule has 3 nitrogen and oxygen atoms in total. The lowest BCUT2D eigenvalue weighted by Gasteiger charge is -1.92. The molecular weight excluding hydrogens is 198 g/mol. The van der Waals surface area contributed by atoms with Crippen LogP contribution in [0.15, 0.2) is 10.5 Å². The van der Waals surface area contributed by atoms with Crippen LogP contribution in [0.3, 0.4) is 0 Å². The quantitative estimate of drug-likeness (QED) is 0.520. The molecule has 0 aromatic carbocycles. The van der Waals surface area contributed by atoms with Gasteiger partial charge in [0.15, 0.2) is 0 Å². The molecule has 1 aromatic heterocycles. The molecule has 0 aliphatic carbocycles. The molecule has 0 bridgehead atoms. The van der Waals surface area contributed by atoms with Crippen molar-refractivity contribution in [3.63, 3.8) is 0 Å². The summed E-state index contributed by atoms with van der Waals surface area (Å²) < 4.78 is 1.02. The lowest BCUT2D eigenvalue weighted by molar-refractivity contribution is 1.08. The van der Waals surface area contributed by atoms with Gasteiger partial charge in [0.25, 0.3) is 0 Å². The minimum absolute atomic E-state index is 0.726. The van der Waals surface area contributed by atoms with Crippen LogP contribution in [0.4, 0.5) is 5.13 Å². The normalized spacial score (nSPS) is 9.64. The number of aliphatic imine (C=N–C) groups is 1. The molecule has 0 N–H and O–H groups in total. The number of thioether (sulfide) groups is 2. The van der Waals surface area contributed by atoms with Crippen molar-refractivity contribution in [3.8, 4) is 0 Å². The van der Waals surface area contributed by atoms with Crippen molar-refractivity contribution in [2.45, 2.75) is 0 Å². The zero-order valence-corrected chi connectivity index (χ0v) is 8.59. The Balaban J connectivity index is 2.71. The van der Waals surface area contributed by atoms with Gasteiger partial charge in [0.2, 0.25) is 5.13 Å². The third-order valence-electron chi connectivity index (χ3n) is 0.885. The van der Waals surface area contributed by atoms with Crippen molar-refractivity contribution >= 4 is 44.4 Å². The summed E-state index contributed by atoms with van der Waals surface area (Å²) in [5.41, 5.74) is 1.68. The van der Waals surface area contributed by atoms with E-state index < -0.39 is 0 Å². The van der Waals surface area contributed by atoms with Crippen molar-refractivity contribution < 1.29 is 0 Å². The topological polar surface area (TPSA) is 38.1 Å². The van der Waals surface area contributed by atoms with Gasteiger partial charge < -0.3 is 0 Å². The van der Waals surface area contributed by atoms with Crippen LogP contribution in [0.2, 0.25) is 0 Å². The Labute approximate surface area is 77.7 Å². The first-order chi connectivity index (χ1) is 5.36. The maximum atomic E-state index is 4.24. The van der Waals surface area contributed by atoms with E-state index in [1.165, 1.54) is 11.3 Å². The monoisotopic (exact) mass is 205 g/mol. The lowest BCUT2D eigenvalue weighted by atomic mass is 11.2. The third-order valence-corrected chi connectivity index (χ3v) is 3.35. The van der Waals surface area contributed by atoms with Gasteiger partial charge >= 0.3 is 0 Å². The fourth-order valence-electron chi connectivity index (χ4n) is 0.469. The highest BCUT2D eigenvalue weighted by molar-refractivity contribution is 8.38. The van der Waals surface area contributed by atoms with Gasteiger partial charge in [-0.1, -0.05) is 11.3 Å². The second-order valence-electron chi connectivity index (χ2n) is 1.51. The summed E-state index contributed by atoms with van der Waals surface area (Å²) in [6.45, 7) is 0. The van der Waals surface area contributed by atoms with Crippen molar-refractivity contribution in [2.75, 3.05) is 12.5 Å². The number of hydrogen-bond acceptors (Lipinski definition) is 6. The Hall–Kier alpha value is -0.0700. The molecular formula is C5H7N3S3. The molecule has 1 aromatic rings. The predicted molar refractivity (Wildman–Crippen MR) is 54.0 cm³/mol. The highest BCUT2D eigenvalue weighted by Gasteiger charge is 1.96. The molecule has 0 aliphatic rings. The highest BCUT2D eigenvalue weighted by atomic mass is 32.2. The number of rotatable bonds is 1. The van der Waals surface area contributed by atoms with Crippen molar-refractivity contribution in [1.82, 2.24) is 10.2 Å². The molecule has 0 saturated carbocycles.